The minimum Gasteiger partial charge on any atom is -0.507 e. The normalized spacial score (nSPS) is 21.9. The molecule has 1 fully saturated rings. The Labute approximate surface area is 194 Å². The maximum atomic E-state index is 13.0. The van der Waals surface area contributed by atoms with Gasteiger partial charge in [0.05, 0.1) is 5.02 Å². The second kappa shape index (κ2) is 8.47. The second-order valence-corrected chi connectivity index (χ2v) is 9.69. The van der Waals surface area contributed by atoms with Gasteiger partial charge in [0.1, 0.15) is 36.1 Å². The van der Waals surface area contributed by atoms with Crippen molar-refractivity contribution in [3.8, 4) is 22.8 Å². The van der Waals surface area contributed by atoms with Gasteiger partial charge < -0.3 is 24.1 Å². The van der Waals surface area contributed by atoms with Crippen molar-refractivity contribution in [3.05, 3.63) is 57.2 Å². The molecule has 1 aliphatic rings. The van der Waals surface area contributed by atoms with Crippen LogP contribution in [0.5, 0.6) is 11.5 Å². The van der Waals surface area contributed by atoms with E-state index in [0.29, 0.717) is 17.1 Å². The molecule has 33 heavy (non-hydrogen) atoms. The number of likely N-dealkylation sites (tertiary alicyclic amines) is 1. The molecule has 2 heterocycles. The quantitative estimate of drug-likeness (QED) is 0.320. The average molecular weight is 492 g/mol. The van der Waals surface area contributed by atoms with Crippen molar-refractivity contribution >= 4 is 38.2 Å². The fraction of sp³-hybridized carbons (Fsp3) is 0.286. The number of rotatable bonds is 4. The van der Waals surface area contributed by atoms with Crippen LogP contribution in [-0.4, -0.2) is 58.4 Å². The largest absolute Gasteiger partial charge is 0.524 e. The zero-order chi connectivity index (χ0) is 24.1. The number of fused-ring (bicyclic) bond motifs is 1. The van der Waals surface area contributed by atoms with Gasteiger partial charge in [0.15, 0.2) is 5.43 Å². The number of aromatic hydroxyl groups is 1. The van der Waals surface area contributed by atoms with Crippen LogP contribution in [-0.2, 0) is 4.57 Å². The zero-order valence-electron chi connectivity index (χ0n) is 17.4. The Bertz CT molecular complexity index is 1340. The SMILES string of the molecule is [B]C1(O)CN(C)CCC1c1c(OP(=O)(O)O)cc(O)c2c(=O)cc(-c3ccccc3Cl)oc12. The van der Waals surface area contributed by atoms with Crippen LogP contribution in [0, 0.1) is 0 Å². The number of hydrogen-bond acceptors (Lipinski definition) is 7. The number of phosphoric ester groups is 1. The number of phenols is 1. The van der Waals surface area contributed by atoms with Crippen molar-refractivity contribution < 1.29 is 33.5 Å². The molecule has 0 bridgehead atoms. The third-order valence-corrected chi connectivity index (χ3v) is 6.38. The summed E-state index contributed by atoms with van der Waals surface area (Å²) in [6.45, 7) is 0.514. The Balaban J connectivity index is 2.08. The standard InChI is InChI=1S/C21H20BClNO8P/c1-24-7-6-12(21(22,27)10-24)18-17(32-33(28,29)30)9-15(26)19-14(25)8-16(31-20(18)19)11-4-2-3-5-13(11)23/h2-5,8-9,12,26-27H,6-7,10H2,1H3,(H2,28,29,30). The fourth-order valence-electron chi connectivity index (χ4n) is 4.25. The van der Waals surface area contributed by atoms with E-state index in [2.05, 4.69) is 0 Å². The predicted molar refractivity (Wildman–Crippen MR) is 123 cm³/mol. The second-order valence-electron chi connectivity index (χ2n) is 8.12. The summed E-state index contributed by atoms with van der Waals surface area (Å²) in [6, 6.07) is 8.67. The monoisotopic (exact) mass is 491 g/mol. The number of phenolic OH excluding ortho intramolecular Hbond substituents is 1. The van der Waals surface area contributed by atoms with Crippen molar-refractivity contribution in [1.82, 2.24) is 4.90 Å². The van der Waals surface area contributed by atoms with E-state index in [1.807, 2.05) is 0 Å². The molecule has 12 heteroatoms. The summed E-state index contributed by atoms with van der Waals surface area (Å²) in [7, 11) is 2.84. The zero-order valence-corrected chi connectivity index (χ0v) is 19.1. The summed E-state index contributed by atoms with van der Waals surface area (Å²) < 4.78 is 22.5. The van der Waals surface area contributed by atoms with Gasteiger partial charge in [-0.1, -0.05) is 23.7 Å². The van der Waals surface area contributed by atoms with Crippen molar-refractivity contribution in [3.63, 3.8) is 0 Å². The summed E-state index contributed by atoms with van der Waals surface area (Å²) in [6.07, 6.45) is 0.251. The Hall–Kier alpha value is -2.33. The van der Waals surface area contributed by atoms with Crippen LogP contribution in [0.3, 0.4) is 0 Å². The topological polar surface area (TPSA) is 141 Å². The molecule has 2 radical (unpaired) electrons. The molecule has 0 saturated carbocycles. The molecule has 2 atom stereocenters. The molecule has 4 rings (SSSR count). The first-order chi connectivity index (χ1) is 15.4. The lowest BCUT2D eigenvalue weighted by molar-refractivity contribution is 0.0261. The highest BCUT2D eigenvalue weighted by molar-refractivity contribution is 7.46. The van der Waals surface area contributed by atoms with Gasteiger partial charge in [-0.3, -0.25) is 14.6 Å². The molecule has 2 unspecified atom stereocenters. The van der Waals surface area contributed by atoms with Gasteiger partial charge >= 0.3 is 7.82 Å². The molecule has 172 valence electrons. The maximum Gasteiger partial charge on any atom is 0.524 e. The molecule has 0 aliphatic carbocycles. The number of aliphatic hydroxyl groups is 1. The lowest BCUT2D eigenvalue weighted by atomic mass is 9.65. The third kappa shape index (κ3) is 4.68. The van der Waals surface area contributed by atoms with Crippen LogP contribution in [0.2, 0.25) is 5.02 Å². The molecule has 3 aromatic rings. The maximum absolute atomic E-state index is 13.0. The van der Waals surface area contributed by atoms with E-state index in [9.17, 15) is 29.4 Å². The van der Waals surface area contributed by atoms with Crippen molar-refractivity contribution in [2.45, 2.75) is 17.8 Å². The highest BCUT2D eigenvalue weighted by Gasteiger charge is 2.41. The molecule has 1 aromatic heterocycles. The van der Waals surface area contributed by atoms with E-state index < -0.39 is 36.2 Å². The molecule has 0 amide bonds. The molecular weight excluding hydrogens is 471 g/mol. The Kier molecular flexibility index (Phi) is 6.11. The first-order valence-corrected chi connectivity index (χ1v) is 11.8. The van der Waals surface area contributed by atoms with E-state index in [0.717, 1.165) is 12.1 Å². The summed E-state index contributed by atoms with van der Waals surface area (Å²) in [4.78, 5) is 33.7. The summed E-state index contributed by atoms with van der Waals surface area (Å²) in [5.41, 5.74) is -2.34. The first kappa shape index (κ1) is 23.8. The minimum atomic E-state index is -5.09. The van der Waals surface area contributed by atoms with Gasteiger partial charge in [0.25, 0.3) is 0 Å². The summed E-state index contributed by atoms with van der Waals surface area (Å²) >= 11 is 6.26. The smallest absolute Gasteiger partial charge is 0.507 e. The van der Waals surface area contributed by atoms with Crippen LogP contribution < -0.4 is 9.95 Å². The van der Waals surface area contributed by atoms with Crippen LogP contribution in [0.4, 0.5) is 0 Å². The van der Waals surface area contributed by atoms with Gasteiger partial charge in [-0.25, -0.2) is 4.57 Å². The molecule has 1 saturated heterocycles. The van der Waals surface area contributed by atoms with Crippen LogP contribution in [0.1, 0.15) is 17.9 Å². The number of nitrogens with zero attached hydrogens (tertiary/aromatic N) is 1. The van der Waals surface area contributed by atoms with Gasteiger partial charge in [-0.2, -0.15) is 0 Å². The number of phosphoric acid groups is 1. The Morgan fingerprint density at radius 3 is 2.64 bits per heavy atom. The number of β-amino-alcohol motifs (C(OH)–C–C–N with tert-alkyl or cyclic N) is 1. The fourth-order valence-corrected chi connectivity index (χ4v) is 4.89. The Morgan fingerprint density at radius 2 is 2.00 bits per heavy atom. The minimum absolute atomic E-state index is 0.0316. The number of benzene rings is 2. The van der Waals surface area contributed by atoms with E-state index in [1.165, 1.54) is 0 Å². The first-order valence-electron chi connectivity index (χ1n) is 9.91. The van der Waals surface area contributed by atoms with Crippen molar-refractivity contribution in [2.75, 3.05) is 20.1 Å². The van der Waals surface area contributed by atoms with E-state index >= 15 is 0 Å². The summed E-state index contributed by atoms with van der Waals surface area (Å²) in [5.74, 6) is -1.94. The molecule has 4 N–H and O–H groups in total. The van der Waals surface area contributed by atoms with Crippen LogP contribution in [0.25, 0.3) is 22.3 Å². The van der Waals surface area contributed by atoms with E-state index in [-0.39, 0.29) is 35.3 Å². The lowest BCUT2D eigenvalue weighted by Gasteiger charge is -2.42. The Morgan fingerprint density at radius 1 is 1.30 bits per heavy atom. The summed E-state index contributed by atoms with van der Waals surface area (Å²) in [5, 5.41) is 21.6. The van der Waals surface area contributed by atoms with E-state index in [4.69, 9.17) is 28.4 Å². The van der Waals surface area contributed by atoms with Gasteiger partial charge in [-0.05, 0) is 32.1 Å². The number of piperidine rings is 1. The van der Waals surface area contributed by atoms with Crippen LogP contribution in [0.15, 0.2) is 45.6 Å². The van der Waals surface area contributed by atoms with Gasteiger partial charge in [0.2, 0.25) is 0 Å². The van der Waals surface area contributed by atoms with Crippen molar-refractivity contribution in [1.29, 1.82) is 0 Å². The highest BCUT2D eigenvalue weighted by Crippen LogP contribution is 2.49. The van der Waals surface area contributed by atoms with Crippen molar-refractivity contribution in [2.24, 2.45) is 0 Å². The van der Waals surface area contributed by atoms with E-state index in [1.54, 1.807) is 36.2 Å². The predicted octanol–water partition coefficient (Wildman–Crippen LogP) is 2.57. The number of halogens is 1. The van der Waals surface area contributed by atoms with Gasteiger partial charge in [-0.15, -0.1) is 0 Å². The lowest BCUT2D eigenvalue weighted by Crippen LogP contribution is -2.52. The number of hydrogen-bond donors (Lipinski definition) is 4. The highest BCUT2D eigenvalue weighted by atomic mass is 35.5. The average Bonchev–Trinajstić information content (AvgIpc) is 2.67. The molecule has 9 nitrogen and oxygen atoms in total. The molecule has 2 aromatic carbocycles. The third-order valence-electron chi connectivity index (χ3n) is 5.61. The molecule has 0 spiro atoms. The number of likely N-dealkylation sites (N-methyl/N-ethyl adjacent to an activating group) is 1. The molecule has 1 aliphatic heterocycles. The van der Waals surface area contributed by atoms with Crippen LogP contribution >= 0.6 is 19.4 Å². The van der Waals surface area contributed by atoms with Gasteiger partial charge in [0, 0.05) is 41.2 Å². The molecular formula is C21H20BClNO8P.